The van der Waals surface area contributed by atoms with Gasteiger partial charge in [-0.3, -0.25) is 4.79 Å². The van der Waals surface area contributed by atoms with Crippen molar-refractivity contribution in [2.45, 2.75) is 19.8 Å². The lowest BCUT2D eigenvalue weighted by Crippen LogP contribution is -2.08. The standard InChI is InChI=1S/C17H14ClFN2O3/c1-7(2)13-11(22)3-8(4-12(13)23)14-10(18)5-9-16(15(14)19)20-6-21-17(9)24/h3-7,22-23H,1-2H3,(H,20,21,24). The van der Waals surface area contributed by atoms with Crippen LogP contribution >= 0.6 is 11.6 Å². The van der Waals surface area contributed by atoms with Crippen molar-refractivity contribution in [1.82, 2.24) is 9.97 Å². The van der Waals surface area contributed by atoms with E-state index in [1.807, 2.05) is 13.8 Å². The van der Waals surface area contributed by atoms with Crippen molar-refractivity contribution in [2.75, 3.05) is 0 Å². The molecular weight excluding hydrogens is 335 g/mol. The second-order valence-corrected chi connectivity index (χ2v) is 6.17. The van der Waals surface area contributed by atoms with Gasteiger partial charge in [0.25, 0.3) is 5.56 Å². The molecule has 0 spiro atoms. The largest absolute Gasteiger partial charge is 0.507 e. The molecule has 3 N–H and O–H groups in total. The van der Waals surface area contributed by atoms with Crippen molar-refractivity contribution < 1.29 is 14.6 Å². The second-order valence-electron chi connectivity index (χ2n) is 5.76. The minimum Gasteiger partial charge on any atom is -0.507 e. The summed E-state index contributed by atoms with van der Waals surface area (Å²) in [5, 5.41) is 20.3. The maximum Gasteiger partial charge on any atom is 0.258 e. The number of fused-ring (bicyclic) bond motifs is 1. The molecule has 2 aromatic carbocycles. The van der Waals surface area contributed by atoms with Crippen LogP contribution < -0.4 is 5.56 Å². The molecule has 0 unspecified atom stereocenters. The van der Waals surface area contributed by atoms with E-state index in [2.05, 4.69) is 9.97 Å². The lowest BCUT2D eigenvalue weighted by molar-refractivity contribution is 0.434. The molecule has 0 atom stereocenters. The molecule has 5 nitrogen and oxygen atoms in total. The molecule has 0 aliphatic carbocycles. The molecule has 3 rings (SSSR count). The summed E-state index contributed by atoms with van der Waals surface area (Å²) in [6.07, 6.45) is 1.10. The van der Waals surface area contributed by atoms with Crippen molar-refractivity contribution in [3.63, 3.8) is 0 Å². The van der Waals surface area contributed by atoms with Gasteiger partial charge < -0.3 is 15.2 Å². The van der Waals surface area contributed by atoms with Gasteiger partial charge in [0.05, 0.1) is 16.7 Å². The third kappa shape index (κ3) is 2.49. The number of benzene rings is 2. The molecule has 1 heterocycles. The highest BCUT2D eigenvalue weighted by Crippen LogP contribution is 2.41. The molecule has 0 radical (unpaired) electrons. The van der Waals surface area contributed by atoms with Crippen LogP contribution in [0.15, 0.2) is 29.3 Å². The van der Waals surface area contributed by atoms with E-state index >= 15 is 0 Å². The normalized spacial score (nSPS) is 11.4. The van der Waals surface area contributed by atoms with Crippen LogP contribution in [0.1, 0.15) is 25.3 Å². The van der Waals surface area contributed by atoms with Gasteiger partial charge in [-0.05, 0) is 29.7 Å². The number of phenolic OH excluding ortho intramolecular Hbond substituents is 2. The van der Waals surface area contributed by atoms with Crippen LogP contribution in [-0.4, -0.2) is 20.2 Å². The Kier molecular flexibility index (Phi) is 3.93. The number of phenols is 2. The maximum atomic E-state index is 14.9. The summed E-state index contributed by atoms with van der Waals surface area (Å²) in [5.74, 6) is -1.22. The summed E-state index contributed by atoms with van der Waals surface area (Å²) in [6.45, 7) is 3.63. The number of hydrogen-bond donors (Lipinski definition) is 3. The van der Waals surface area contributed by atoms with Gasteiger partial charge in [-0.15, -0.1) is 0 Å². The quantitative estimate of drug-likeness (QED) is 0.655. The molecule has 0 bridgehead atoms. The van der Waals surface area contributed by atoms with Crippen LogP contribution in [0, 0.1) is 5.82 Å². The highest BCUT2D eigenvalue weighted by molar-refractivity contribution is 6.34. The molecular formula is C17H14ClFN2O3. The van der Waals surface area contributed by atoms with E-state index in [1.54, 1.807) is 0 Å². The molecule has 3 aromatic rings. The Bertz CT molecular complexity index is 992. The first-order valence-corrected chi connectivity index (χ1v) is 7.60. The average molecular weight is 349 g/mol. The first-order valence-electron chi connectivity index (χ1n) is 7.23. The Labute approximate surface area is 141 Å². The predicted molar refractivity (Wildman–Crippen MR) is 90.2 cm³/mol. The molecule has 0 fully saturated rings. The Morgan fingerprint density at radius 3 is 2.42 bits per heavy atom. The van der Waals surface area contributed by atoms with Crippen LogP contribution in [0.25, 0.3) is 22.0 Å². The zero-order chi connectivity index (χ0) is 17.6. The van der Waals surface area contributed by atoms with Crippen molar-refractivity contribution in [3.8, 4) is 22.6 Å². The highest BCUT2D eigenvalue weighted by Gasteiger charge is 2.20. The number of nitrogens with zero attached hydrogens (tertiary/aromatic N) is 1. The topological polar surface area (TPSA) is 86.2 Å². The van der Waals surface area contributed by atoms with Crippen molar-refractivity contribution in [2.24, 2.45) is 0 Å². The zero-order valence-electron chi connectivity index (χ0n) is 12.9. The van der Waals surface area contributed by atoms with Gasteiger partial charge in [0.15, 0.2) is 5.82 Å². The first-order chi connectivity index (χ1) is 11.3. The fraction of sp³-hybridized carbons (Fsp3) is 0.176. The highest BCUT2D eigenvalue weighted by atomic mass is 35.5. The van der Waals surface area contributed by atoms with E-state index < -0.39 is 11.4 Å². The molecule has 0 amide bonds. The van der Waals surface area contributed by atoms with E-state index in [-0.39, 0.29) is 44.5 Å². The Morgan fingerprint density at radius 1 is 1.21 bits per heavy atom. The Balaban J connectivity index is 2.33. The van der Waals surface area contributed by atoms with Gasteiger partial charge in [0, 0.05) is 11.1 Å². The second kappa shape index (κ2) is 5.79. The Morgan fingerprint density at radius 2 is 1.83 bits per heavy atom. The SMILES string of the molecule is CC(C)c1c(O)cc(-c2c(Cl)cc3c(=O)[nH]cnc3c2F)cc1O. The van der Waals surface area contributed by atoms with Crippen LogP contribution in [0.5, 0.6) is 11.5 Å². The summed E-state index contributed by atoms with van der Waals surface area (Å²) in [7, 11) is 0. The van der Waals surface area contributed by atoms with Gasteiger partial charge in [-0.2, -0.15) is 0 Å². The predicted octanol–water partition coefficient (Wildman–Crippen LogP) is 3.92. The average Bonchev–Trinajstić information content (AvgIpc) is 2.47. The van der Waals surface area contributed by atoms with E-state index in [1.165, 1.54) is 18.2 Å². The minimum absolute atomic E-state index is 0.0189. The number of aromatic amines is 1. The van der Waals surface area contributed by atoms with Gasteiger partial charge >= 0.3 is 0 Å². The lowest BCUT2D eigenvalue weighted by atomic mass is 9.95. The molecule has 0 aliphatic rings. The van der Waals surface area contributed by atoms with E-state index in [4.69, 9.17) is 11.6 Å². The van der Waals surface area contributed by atoms with Gasteiger partial charge in [-0.25, -0.2) is 9.37 Å². The monoisotopic (exact) mass is 348 g/mol. The van der Waals surface area contributed by atoms with Gasteiger partial charge in [-0.1, -0.05) is 25.4 Å². The summed E-state index contributed by atoms with van der Waals surface area (Å²) in [5.41, 5.74) is -0.118. The molecule has 7 heteroatoms. The number of aromatic hydroxyl groups is 2. The summed E-state index contributed by atoms with van der Waals surface area (Å²) >= 11 is 6.14. The minimum atomic E-state index is -0.792. The fourth-order valence-corrected chi connectivity index (χ4v) is 3.07. The van der Waals surface area contributed by atoms with Crippen LogP contribution in [-0.2, 0) is 0 Å². The van der Waals surface area contributed by atoms with Crippen molar-refractivity contribution >= 4 is 22.5 Å². The zero-order valence-corrected chi connectivity index (χ0v) is 13.6. The Hall–Kier alpha value is -2.60. The van der Waals surface area contributed by atoms with Crippen LogP contribution in [0.2, 0.25) is 5.02 Å². The number of hydrogen-bond acceptors (Lipinski definition) is 4. The van der Waals surface area contributed by atoms with Crippen molar-refractivity contribution in [3.05, 3.63) is 51.3 Å². The van der Waals surface area contributed by atoms with Crippen molar-refractivity contribution in [1.29, 1.82) is 0 Å². The van der Waals surface area contributed by atoms with E-state index in [0.29, 0.717) is 5.56 Å². The molecule has 124 valence electrons. The smallest absolute Gasteiger partial charge is 0.258 e. The lowest BCUT2D eigenvalue weighted by Gasteiger charge is -2.14. The first kappa shape index (κ1) is 16.3. The van der Waals surface area contributed by atoms with Crippen LogP contribution in [0.4, 0.5) is 4.39 Å². The number of aromatic nitrogens is 2. The molecule has 24 heavy (non-hydrogen) atoms. The summed E-state index contributed by atoms with van der Waals surface area (Å²) in [4.78, 5) is 18.0. The van der Waals surface area contributed by atoms with Gasteiger partial charge in [0.2, 0.25) is 0 Å². The third-order valence-corrected chi connectivity index (χ3v) is 4.13. The van der Waals surface area contributed by atoms with Gasteiger partial charge in [0.1, 0.15) is 17.0 Å². The number of halogens is 2. The summed E-state index contributed by atoms with van der Waals surface area (Å²) in [6, 6.07) is 3.97. The molecule has 1 aromatic heterocycles. The third-order valence-electron chi connectivity index (χ3n) is 3.83. The summed E-state index contributed by atoms with van der Waals surface area (Å²) < 4.78 is 14.9. The number of nitrogens with one attached hydrogen (secondary N) is 1. The van der Waals surface area contributed by atoms with Crippen LogP contribution in [0.3, 0.4) is 0 Å². The fourth-order valence-electron chi connectivity index (χ4n) is 2.76. The maximum absolute atomic E-state index is 14.9. The molecule has 0 aliphatic heterocycles. The van der Waals surface area contributed by atoms with E-state index in [0.717, 1.165) is 6.33 Å². The molecule has 0 saturated heterocycles. The molecule has 0 saturated carbocycles. The van der Waals surface area contributed by atoms with E-state index in [9.17, 15) is 19.4 Å². The number of rotatable bonds is 2. The number of H-pyrrole nitrogens is 1.